The molecule has 3 atom stereocenters. The zero-order valence-corrected chi connectivity index (χ0v) is 20.1. The van der Waals surface area contributed by atoms with Gasteiger partial charge in [0.25, 0.3) is 5.91 Å². The lowest BCUT2D eigenvalue weighted by Gasteiger charge is -2.30. The summed E-state index contributed by atoms with van der Waals surface area (Å²) in [5.74, 6) is -5.78. The van der Waals surface area contributed by atoms with E-state index in [4.69, 9.17) is 16.6 Å². The Hall–Kier alpha value is -4.62. The quantitative estimate of drug-likeness (QED) is 0.145. The molecule has 2 aromatic carbocycles. The van der Waals surface area contributed by atoms with Gasteiger partial charge in [-0.1, -0.05) is 30.3 Å². The lowest BCUT2D eigenvalue weighted by Crippen LogP contribution is -2.55. The van der Waals surface area contributed by atoms with Crippen LogP contribution in [-0.2, 0) is 19.2 Å². The van der Waals surface area contributed by atoms with Crippen LogP contribution in [-0.4, -0.2) is 70.5 Å². The summed E-state index contributed by atoms with van der Waals surface area (Å²) in [4.78, 5) is 77.0. The number of amides is 4. The number of hydrogen-bond donors (Lipinski definition) is 5. The topological polar surface area (TPSA) is 213 Å². The Morgan fingerprint density at radius 1 is 1.03 bits per heavy atom. The van der Waals surface area contributed by atoms with Crippen molar-refractivity contribution in [2.24, 2.45) is 11.5 Å². The van der Waals surface area contributed by atoms with E-state index < -0.39 is 60.1 Å². The van der Waals surface area contributed by atoms with Crippen LogP contribution >= 0.6 is 0 Å². The first kappa shape index (κ1) is 28.0. The van der Waals surface area contributed by atoms with E-state index in [1.807, 2.05) is 0 Å². The fraction of sp³-hybridized carbons (Fsp3) is 0.280. The van der Waals surface area contributed by atoms with Gasteiger partial charge in [-0.3, -0.25) is 24.1 Å². The van der Waals surface area contributed by atoms with Gasteiger partial charge in [0.05, 0.1) is 18.2 Å². The molecule has 0 saturated carbocycles. The van der Waals surface area contributed by atoms with Crippen LogP contribution in [0, 0.1) is 0 Å². The number of nitrogens with zero attached hydrogens (tertiary/aromatic N) is 2. The summed E-state index contributed by atoms with van der Waals surface area (Å²) in [5, 5.41) is 21.6. The van der Waals surface area contributed by atoms with Crippen LogP contribution in [0.3, 0.4) is 0 Å². The third kappa shape index (κ3) is 6.02. The fourth-order valence-electron chi connectivity index (χ4n) is 4.04. The van der Waals surface area contributed by atoms with Crippen molar-refractivity contribution < 1.29 is 39.0 Å². The van der Waals surface area contributed by atoms with Crippen LogP contribution in [0.25, 0.3) is 0 Å². The van der Waals surface area contributed by atoms with Crippen molar-refractivity contribution in [2.75, 3.05) is 16.3 Å². The van der Waals surface area contributed by atoms with Gasteiger partial charge < -0.3 is 27.0 Å². The second-order valence-corrected chi connectivity index (χ2v) is 8.51. The standard InChI is InChI=1S/C25H27N5O8/c26-11-5-10-18-23(35)30(25(38)28-18)16-9-4-6-14(12-16)21(33)20(24(36)37)29(15-7-2-1-3-8-15)22(34)17(27)13-19(31)32/h1-4,6-9,12,17-18,20H,5,10-11,13,26-27H2,(H,28,38)(H,31,32)(H,36,37)/t17-,18-,20-/m0/s1. The number of carbonyl (C=O) groups is 6. The number of urea groups is 1. The number of rotatable bonds is 12. The SMILES string of the molecule is NCCC[C@@H]1NC(=O)N(c2cccc(C(=O)[C@@H](C(=O)O)N(C(=O)[C@@H](N)CC(=O)O)c3ccccc3)c2)C1=O. The lowest BCUT2D eigenvalue weighted by molar-refractivity contribution is -0.140. The van der Waals surface area contributed by atoms with Gasteiger partial charge in [0.15, 0.2) is 11.8 Å². The molecular weight excluding hydrogens is 498 g/mol. The summed E-state index contributed by atoms with van der Waals surface area (Å²) in [6, 6.07) is 7.30. The Kier molecular flexibility index (Phi) is 8.89. The Bertz CT molecular complexity index is 1250. The van der Waals surface area contributed by atoms with Crippen LogP contribution < -0.4 is 26.6 Å². The second kappa shape index (κ2) is 12.1. The number of nitrogens with one attached hydrogen (secondary N) is 1. The summed E-state index contributed by atoms with van der Waals surface area (Å²) in [7, 11) is 0. The van der Waals surface area contributed by atoms with Crippen LogP contribution in [0.5, 0.6) is 0 Å². The van der Waals surface area contributed by atoms with Crippen molar-refractivity contribution >= 4 is 46.9 Å². The van der Waals surface area contributed by atoms with E-state index in [-0.39, 0.29) is 16.9 Å². The minimum absolute atomic E-state index is 0.00656. The van der Waals surface area contributed by atoms with Crippen molar-refractivity contribution in [3.63, 3.8) is 0 Å². The van der Waals surface area contributed by atoms with Gasteiger partial charge in [-0.15, -0.1) is 0 Å². The first-order valence-electron chi connectivity index (χ1n) is 11.6. The molecule has 0 aliphatic carbocycles. The molecule has 200 valence electrons. The van der Waals surface area contributed by atoms with E-state index in [0.29, 0.717) is 24.3 Å². The van der Waals surface area contributed by atoms with Gasteiger partial charge in [-0.25, -0.2) is 14.5 Å². The molecule has 0 spiro atoms. The highest BCUT2D eigenvalue weighted by molar-refractivity contribution is 6.23. The third-order valence-corrected chi connectivity index (χ3v) is 5.83. The van der Waals surface area contributed by atoms with E-state index in [1.165, 1.54) is 48.5 Å². The number of hydrogen-bond acceptors (Lipinski definition) is 8. The number of benzene rings is 2. The number of carboxylic acids is 2. The molecule has 1 heterocycles. The van der Waals surface area contributed by atoms with Crippen LogP contribution in [0.15, 0.2) is 54.6 Å². The predicted octanol–water partition coefficient (Wildman–Crippen LogP) is 0.321. The van der Waals surface area contributed by atoms with Crippen LogP contribution in [0.2, 0.25) is 0 Å². The van der Waals surface area contributed by atoms with Crippen molar-refractivity contribution in [3.8, 4) is 0 Å². The normalized spacial score (nSPS) is 16.5. The Balaban J connectivity index is 2.00. The number of ketones is 1. The van der Waals surface area contributed by atoms with Crippen LogP contribution in [0.1, 0.15) is 29.6 Å². The number of aliphatic carboxylic acids is 2. The van der Waals surface area contributed by atoms with Crippen molar-refractivity contribution in [1.82, 2.24) is 5.32 Å². The highest BCUT2D eigenvalue weighted by Crippen LogP contribution is 2.26. The average molecular weight is 526 g/mol. The first-order chi connectivity index (χ1) is 18.1. The predicted molar refractivity (Wildman–Crippen MR) is 134 cm³/mol. The Labute approximate surface area is 217 Å². The molecular formula is C25H27N5O8. The molecule has 3 rings (SSSR count). The molecule has 1 aliphatic heterocycles. The van der Waals surface area contributed by atoms with Gasteiger partial charge >= 0.3 is 18.0 Å². The van der Waals surface area contributed by atoms with Gasteiger partial charge in [0, 0.05) is 11.3 Å². The summed E-state index contributed by atoms with van der Waals surface area (Å²) >= 11 is 0. The molecule has 0 radical (unpaired) electrons. The highest BCUT2D eigenvalue weighted by Gasteiger charge is 2.41. The fourth-order valence-corrected chi connectivity index (χ4v) is 4.04. The molecule has 0 aromatic heterocycles. The Morgan fingerprint density at radius 3 is 2.32 bits per heavy atom. The maximum Gasteiger partial charge on any atom is 0.335 e. The molecule has 0 unspecified atom stereocenters. The molecule has 1 aliphatic rings. The van der Waals surface area contributed by atoms with E-state index in [2.05, 4.69) is 5.32 Å². The lowest BCUT2D eigenvalue weighted by atomic mass is 9.99. The zero-order valence-electron chi connectivity index (χ0n) is 20.1. The first-order valence-corrected chi connectivity index (χ1v) is 11.6. The average Bonchev–Trinajstić information content (AvgIpc) is 3.17. The molecule has 0 bridgehead atoms. The number of carboxylic acid groups (broad SMARTS) is 2. The molecule has 2 aromatic rings. The minimum atomic E-state index is -2.12. The number of nitrogens with two attached hydrogens (primary N) is 2. The second-order valence-electron chi connectivity index (χ2n) is 8.51. The minimum Gasteiger partial charge on any atom is -0.481 e. The zero-order chi connectivity index (χ0) is 28.0. The molecule has 1 fully saturated rings. The van der Waals surface area contributed by atoms with Gasteiger partial charge in [0.1, 0.15) is 6.04 Å². The van der Waals surface area contributed by atoms with E-state index in [0.717, 1.165) is 4.90 Å². The summed E-state index contributed by atoms with van der Waals surface area (Å²) < 4.78 is 0. The smallest absolute Gasteiger partial charge is 0.335 e. The number of carbonyl (C=O) groups excluding carboxylic acids is 4. The van der Waals surface area contributed by atoms with Gasteiger partial charge in [-0.05, 0) is 43.7 Å². The molecule has 7 N–H and O–H groups in total. The highest BCUT2D eigenvalue weighted by atomic mass is 16.4. The maximum absolute atomic E-state index is 13.5. The largest absolute Gasteiger partial charge is 0.481 e. The molecule has 1 saturated heterocycles. The van der Waals surface area contributed by atoms with E-state index >= 15 is 0 Å². The summed E-state index contributed by atoms with van der Waals surface area (Å²) in [6.07, 6.45) is 0.0222. The van der Waals surface area contributed by atoms with Crippen LogP contribution in [0.4, 0.5) is 16.2 Å². The van der Waals surface area contributed by atoms with E-state index in [1.54, 1.807) is 6.07 Å². The number of Topliss-reactive ketones (excluding diaryl/α,β-unsaturated/α-hetero) is 1. The molecule has 13 heteroatoms. The van der Waals surface area contributed by atoms with Crippen molar-refractivity contribution in [1.29, 1.82) is 0 Å². The Morgan fingerprint density at radius 2 is 1.71 bits per heavy atom. The van der Waals surface area contributed by atoms with Gasteiger partial charge in [-0.2, -0.15) is 0 Å². The van der Waals surface area contributed by atoms with Crippen molar-refractivity contribution in [3.05, 3.63) is 60.2 Å². The number of para-hydroxylation sites is 1. The molecule has 13 nitrogen and oxygen atoms in total. The summed E-state index contributed by atoms with van der Waals surface area (Å²) in [6.45, 7) is 0.326. The third-order valence-electron chi connectivity index (χ3n) is 5.83. The number of anilines is 2. The maximum atomic E-state index is 13.5. The molecule has 4 amide bonds. The van der Waals surface area contributed by atoms with Crippen molar-refractivity contribution in [2.45, 2.75) is 37.4 Å². The summed E-state index contributed by atoms with van der Waals surface area (Å²) in [5.41, 5.74) is 11.1. The monoisotopic (exact) mass is 525 g/mol. The molecule has 38 heavy (non-hydrogen) atoms. The van der Waals surface area contributed by atoms with Gasteiger partial charge in [0.2, 0.25) is 5.91 Å². The van der Waals surface area contributed by atoms with E-state index in [9.17, 15) is 33.9 Å². The number of imide groups is 1.